The van der Waals surface area contributed by atoms with Crippen LogP contribution in [0.4, 0.5) is 15.8 Å². The molecule has 4 aromatic rings. The van der Waals surface area contributed by atoms with Crippen LogP contribution in [0.3, 0.4) is 0 Å². The number of nitrogens with zero attached hydrogens (tertiary/aromatic N) is 4. The molecule has 41 heavy (non-hydrogen) atoms. The van der Waals surface area contributed by atoms with Crippen LogP contribution in [0.2, 0.25) is 5.02 Å². The number of nitrogens with one attached hydrogen (secondary N) is 1. The van der Waals surface area contributed by atoms with Gasteiger partial charge in [0.05, 0.1) is 46.4 Å². The zero-order valence-electron chi connectivity index (χ0n) is 22.4. The smallest absolute Gasteiger partial charge is 0.212 e. The van der Waals surface area contributed by atoms with Crippen LogP contribution in [0.1, 0.15) is 37.7 Å². The molecule has 3 heterocycles. The molecule has 4 fully saturated rings. The third kappa shape index (κ3) is 4.55. The van der Waals surface area contributed by atoms with Crippen molar-refractivity contribution in [2.24, 2.45) is 28.5 Å². The summed E-state index contributed by atoms with van der Waals surface area (Å²) >= 11 is 6.25. The molecule has 4 saturated carbocycles. The van der Waals surface area contributed by atoms with Gasteiger partial charge < -0.3 is 26.0 Å². The van der Waals surface area contributed by atoms with Crippen LogP contribution >= 0.6 is 11.6 Å². The number of phenols is 1. The van der Waals surface area contributed by atoms with Gasteiger partial charge in [0.25, 0.3) is 0 Å². The van der Waals surface area contributed by atoms with E-state index < -0.39 is 17.2 Å². The molecule has 0 amide bonds. The van der Waals surface area contributed by atoms with Gasteiger partial charge in [-0.1, -0.05) is 11.6 Å². The van der Waals surface area contributed by atoms with Crippen molar-refractivity contribution in [2.45, 2.75) is 43.7 Å². The number of ether oxygens (including phenoxy) is 1. The first kappa shape index (κ1) is 26.0. The molecule has 4 aliphatic carbocycles. The predicted molar refractivity (Wildman–Crippen MR) is 154 cm³/mol. The van der Waals surface area contributed by atoms with Gasteiger partial charge in [-0.3, -0.25) is 0 Å². The first-order valence-corrected chi connectivity index (χ1v) is 14.1. The zero-order valence-corrected chi connectivity index (χ0v) is 23.1. The number of amidine groups is 1. The van der Waals surface area contributed by atoms with Crippen molar-refractivity contribution >= 4 is 34.3 Å². The largest absolute Gasteiger partial charge is 0.505 e. The Balaban J connectivity index is 1.33. The number of phenolic OH excluding ortho intramolecular Hbond substituents is 1. The highest BCUT2D eigenvalue weighted by Gasteiger charge is 2.54. The SMILES string of the molecule is COc1ccc(-c2cc3c(NC4C5CC6CC4CC(O)(C6)C5)c(C(N)=Nc4cc(F)c(O)cc4Cl)cnn3c2)cn1. The molecule has 4 aliphatic rings. The number of benzene rings is 1. The number of nitrogens with two attached hydrogens (primary N) is 1. The fourth-order valence-corrected chi connectivity index (χ4v) is 7.62. The minimum Gasteiger partial charge on any atom is -0.505 e. The van der Waals surface area contributed by atoms with Crippen molar-refractivity contribution in [3.63, 3.8) is 0 Å². The number of aliphatic imine (C=N–C) groups is 1. The van der Waals surface area contributed by atoms with Crippen molar-refractivity contribution in [2.75, 3.05) is 12.4 Å². The summed E-state index contributed by atoms with van der Waals surface area (Å²) in [7, 11) is 1.58. The third-order valence-electron chi connectivity index (χ3n) is 9.00. The van der Waals surface area contributed by atoms with Gasteiger partial charge in [-0.05, 0) is 62.0 Å². The number of methoxy groups -OCH3 is 1. The normalized spacial score (nSPS) is 27.0. The monoisotopic (exact) mass is 576 g/mol. The van der Waals surface area contributed by atoms with E-state index in [-0.39, 0.29) is 22.6 Å². The number of aliphatic hydroxyl groups is 1. The summed E-state index contributed by atoms with van der Waals surface area (Å²) in [6.07, 6.45) is 9.95. The highest BCUT2D eigenvalue weighted by atomic mass is 35.5. The number of aromatic nitrogens is 3. The number of rotatable bonds is 6. The fraction of sp³-hybridized carbons (Fsp3) is 0.367. The van der Waals surface area contributed by atoms with E-state index in [2.05, 4.69) is 20.4 Å². The van der Waals surface area contributed by atoms with Crippen molar-refractivity contribution in [1.82, 2.24) is 14.6 Å². The highest BCUT2D eigenvalue weighted by molar-refractivity contribution is 6.33. The van der Waals surface area contributed by atoms with Gasteiger partial charge >= 0.3 is 0 Å². The molecular formula is C30H30ClFN6O3. The summed E-state index contributed by atoms with van der Waals surface area (Å²) in [5.74, 6) is 0.465. The molecule has 0 saturated heterocycles. The van der Waals surface area contributed by atoms with Crippen LogP contribution in [-0.4, -0.2) is 49.4 Å². The van der Waals surface area contributed by atoms with E-state index >= 15 is 0 Å². The molecule has 3 aromatic heterocycles. The second kappa shape index (κ2) is 9.60. The summed E-state index contributed by atoms with van der Waals surface area (Å²) in [5.41, 5.74) is 9.99. The Bertz CT molecular complexity index is 1670. The van der Waals surface area contributed by atoms with Crippen LogP contribution in [0.25, 0.3) is 16.6 Å². The van der Waals surface area contributed by atoms with Crippen molar-refractivity contribution < 1.29 is 19.3 Å². The summed E-state index contributed by atoms with van der Waals surface area (Å²) in [5, 5.41) is 29.3. The van der Waals surface area contributed by atoms with E-state index in [1.807, 2.05) is 18.3 Å². The Labute approximate surface area is 240 Å². The van der Waals surface area contributed by atoms with E-state index in [0.29, 0.717) is 29.2 Å². The molecule has 1 aromatic carbocycles. The summed E-state index contributed by atoms with van der Waals surface area (Å²) < 4.78 is 21.1. The quantitative estimate of drug-likeness (QED) is 0.181. The molecule has 8 rings (SSSR count). The third-order valence-corrected chi connectivity index (χ3v) is 9.30. The minimum atomic E-state index is -0.844. The lowest BCUT2D eigenvalue weighted by Crippen LogP contribution is -2.59. The molecule has 9 nitrogen and oxygen atoms in total. The summed E-state index contributed by atoms with van der Waals surface area (Å²) in [6, 6.07) is 8.07. The number of fused-ring (bicyclic) bond motifs is 1. The van der Waals surface area contributed by atoms with E-state index in [1.54, 1.807) is 30.1 Å². The Morgan fingerprint density at radius 3 is 2.63 bits per heavy atom. The topological polar surface area (TPSA) is 130 Å². The Morgan fingerprint density at radius 1 is 1.17 bits per heavy atom. The molecule has 212 valence electrons. The van der Waals surface area contributed by atoms with E-state index in [0.717, 1.165) is 66.6 Å². The molecular weight excluding hydrogens is 547 g/mol. The lowest BCUT2D eigenvalue weighted by Gasteiger charge is -2.58. The molecule has 4 bridgehead atoms. The number of hydrogen-bond donors (Lipinski definition) is 4. The predicted octanol–water partition coefficient (Wildman–Crippen LogP) is 5.29. The van der Waals surface area contributed by atoms with Crippen LogP contribution in [-0.2, 0) is 0 Å². The summed E-state index contributed by atoms with van der Waals surface area (Å²) in [4.78, 5) is 8.77. The molecule has 0 radical (unpaired) electrons. The van der Waals surface area contributed by atoms with E-state index in [1.165, 1.54) is 0 Å². The number of hydrogen-bond acceptors (Lipinski definition) is 7. The fourth-order valence-electron chi connectivity index (χ4n) is 7.42. The molecule has 0 aliphatic heterocycles. The Hall–Kier alpha value is -3.89. The standard InChI is InChI=1S/C30H30ClFN6O3/c1-41-26-3-2-16(12-34-26)19-6-24-28(37-27-17-4-15-5-18(27)11-30(40,9-15)10-17)20(13-35-38(24)14-19)29(33)36-23-8-22(32)25(39)7-21(23)31/h2-3,6-8,12-15,17-18,27,37,39-40H,4-5,9-11H2,1H3,(H2,33,36). The van der Waals surface area contributed by atoms with Crippen molar-refractivity contribution in [1.29, 1.82) is 0 Å². The lowest BCUT2D eigenvalue weighted by molar-refractivity contribution is -0.129. The van der Waals surface area contributed by atoms with Crippen molar-refractivity contribution in [3.05, 3.63) is 65.3 Å². The van der Waals surface area contributed by atoms with Crippen LogP contribution < -0.4 is 15.8 Å². The molecule has 5 N–H and O–H groups in total. The first-order valence-electron chi connectivity index (χ1n) is 13.7. The molecule has 2 unspecified atom stereocenters. The maximum absolute atomic E-state index is 14.1. The molecule has 0 spiro atoms. The second-order valence-corrected chi connectivity index (χ2v) is 12.1. The van der Waals surface area contributed by atoms with Gasteiger partial charge in [0.1, 0.15) is 5.84 Å². The van der Waals surface area contributed by atoms with Gasteiger partial charge in [0.15, 0.2) is 11.6 Å². The van der Waals surface area contributed by atoms with Gasteiger partial charge in [0.2, 0.25) is 5.88 Å². The van der Waals surface area contributed by atoms with Gasteiger partial charge in [-0.15, -0.1) is 0 Å². The molecule has 2 atom stereocenters. The Kier molecular flexibility index (Phi) is 6.09. The number of halogens is 2. The number of aromatic hydroxyl groups is 1. The Morgan fingerprint density at radius 2 is 1.95 bits per heavy atom. The highest BCUT2D eigenvalue weighted by Crippen LogP contribution is 2.56. The van der Waals surface area contributed by atoms with Crippen LogP contribution in [0.15, 0.2) is 53.9 Å². The maximum atomic E-state index is 14.1. The maximum Gasteiger partial charge on any atom is 0.212 e. The first-order chi connectivity index (χ1) is 19.7. The van der Waals surface area contributed by atoms with Crippen molar-refractivity contribution in [3.8, 4) is 22.8 Å². The van der Waals surface area contributed by atoms with Crippen LogP contribution in [0, 0.1) is 23.6 Å². The summed E-state index contributed by atoms with van der Waals surface area (Å²) in [6.45, 7) is 0. The van der Waals surface area contributed by atoms with Gasteiger partial charge in [-0.25, -0.2) is 18.9 Å². The van der Waals surface area contributed by atoms with Gasteiger partial charge in [-0.2, -0.15) is 5.10 Å². The number of anilines is 1. The zero-order chi connectivity index (χ0) is 28.5. The lowest BCUT2D eigenvalue weighted by atomic mass is 9.52. The van der Waals surface area contributed by atoms with Gasteiger partial charge in [0, 0.05) is 47.8 Å². The average molecular weight is 577 g/mol. The molecule has 11 heteroatoms. The second-order valence-electron chi connectivity index (χ2n) is 11.7. The van der Waals surface area contributed by atoms with Crippen LogP contribution in [0.5, 0.6) is 11.6 Å². The number of pyridine rings is 1. The minimum absolute atomic E-state index is 0.0710. The average Bonchev–Trinajstić information content (AvgIpc) is 3.37. The van der Waals surface area contributed by atoms with E-state index in [9.17, 15) is 14.6 Å². The van der Waals surface area contributed by atoms with E-state index in [4.69, 9.17) is 22.1 Å².